The number of benzene rings is 1. The molecule has 0 fully saturated rings. The van der Waals surface area contributed by atoms with Crippen molar-refractivity contribution < 1.29 is 9.47 Å². The van der Waals surface area contributed by atoms with E-state index in [0.717, 1.165) is 0 Å². The first kappa shape index (κ1) is 12.9. The Balaban J connectivity index is 2.91. The Morgan fingerprint density at radius 3 is 2.69 bits per heavy atom. The molecule has 0 bridgehead atoms. The Kier molecular flexibility index (Phi) is 5.22. The lowest BCUT2D eigenvalue weighted by molar-refractivity contribution is 0.146. The van der Waals surface area contributed by atoms with Crippen molar-refractivity contribution in [2.45, 2.75) is 0 Å². The van der Waals surface area contributed by atoms with Crippen LogP contribution in [0.5, 0.6) is 5.75 Å². The van der Waals surface area contributed by atoms with Crippen LogP contribution in [0.2, 0.25) is 10.0 Å². The summed E-state index contributed by atoms with van der Waals surface area (Å²) in [7, 11) is 1.57. The fraction of sp³-hybridized carbons (Fsp3) is 0.333. The molecule has 0 aliphatic heterocycles. The third kappa shape index (κ3) is 3.47. The van der Waals surface area contributed by atoms with Gasteiger partial charge < -0.3 is 9.47 Å². The van der Waals surface area contributed by atoms with E-state index in [-0.39, 0.29) is 10.7 Å². The van der Waals surface area contributed by atoms with E-state index in [1.807, 2.05) is 0 Å². The molecule has 0 unspecified atom stereocenters. The van der Waals surface area contributed by atoms with Gasteiger partial charge in [-0.1, -0.05) is 28.3 Å². The van der Waals surface area contributed by atoms with E-state index >= 15 is 0 Å². The average Bonchev–Trinajstić information content (AvgIpc) is 2.25. The van der Waals surface area contributed by atoms with Crippen LogP contribution in [-0.2, 0) is 4.74 Å². The van der Waals surface area contributed by atoms with E-state index in [1.54, 1.807) is 7.11 Å². The summed E-state index contributed by atoms with van der Waals surface area (Å²) in [6, 6.07) is 2.95. The van der Waals surface area contributed by atoms with Crippen molar-refractivity contribution in [2.24, 2.45) is 5.11 Å². The van der Waals surface area contributed by atoms with Gasteiger partial charge in [0.05, 0.1) is 22.3 Å². The van der Waals surface area contributed by atoms with Crippen molar-refractivity contribution in [2.75, 3.05) is 20.3 Å². The Hall–Kier alpha value is -1.13. The van der Waals surface area contributed by atoms with Crippen molar-refractivity contribution in [3.05, 3.63) is 32.6 Å². The second kappa shape index (κ2) is 6.45. The van der Waals surface area contributed by atoms with Crippen LogP contribution in [0.3, 0.4) is 0 Å². The van der Waals surface area contributed by atoms with Crippen LogP contribution >= 0.6 is 23.2 Å². The molecule has 1 rings (SSSR count). The minimum Gasteiger partial charge on any atom is -0.490 e. The first-order valence-electron chi connectivity index (χ1n) is 4.35. The maximum absolute atomic E-state index is 8.32. The van der Waals surface area contributed by atoms with Crippen LogP contribution in [-0.4, -0.2) is 20.3 Å². The zero-order valence-electron chi connectivity index (χ0n) is 8.48. The Bertz CT molecular complexity index is 419. The minimum atomic E-state index is 0.279. The first-order chi connectivity index (χ1) is 7.69. The normalized spacial score (nSPS) is 9.69. The molecule has 0 spiro atoms. The van der Waals surface area contributed by atoms with Gasteiger partial charge in [0.2, 0.25) is 0 Å². The number of hydrogen-bond acceptors (Lipinski definition) is 3. The third-order valence-electron chi connectivity index (χ3n) is 1.70. The highest BCUT2D eigenvalue weighted by Gasteiger charge is 2.07. The quantitative estimate of drug-likeness (QED) is 0.349. The number of halogens is 2. The van der Waals surface area contributed by atoms with Gasteiger partial charge >= 0.3 is 0 Å². The largest absolute Gasteiger partial charge is 0.490 e. The highest BCUT2D eigenvalue weighted by molar-refractivity contribution is 6.37. The van der Waals surface area contributed by atoms with Crippen LogP contribution in [0.1, 0.15) is 0 Å². The maximum Gasteiger partial charge on any atom is 0.138 e. The van der Waals surface area contributed by atoms with Crippen molar-refractivity contribution in [1.29, 1.82) is 0 Å². The summed E-state index contributed by atoms with van der Waals surface area (Å²) in [6.07, 6.45) is 0. The van der Waals surface area contributed by atoms with Crippen LogP contribution in [0.25, 0.3) is 10.4 Å². The van der Waals surface area contributed by atoms with E-state index in [2.05, 4.69) is 10.0 Å². The van der Waals surface area contributed by atoms with Crippen LogP contribution in [0.15, 0.2) is 17.2 Å². The zero-order valence-corrected chi connectivity index (χ0v) is 9.99. The second-order valence-electron chi connectivity index (χ2n) is 2.76. The number of azide groups is 1. The molecule has 1 aromatic carbocycles. The molecular weight excluding hydrogens is 253 g/mol. The highest BCUT2D eigenvalue weighted by atomic mass is 35.5. The lowest BCUT2D eigenvalue weighted by Gasteiger charge is -2.08. The molecule has 1 aromatic rings. The summed E-state index contributed by atoms with van der Waals surface area (Å²) in [5.74, 6) is 0.408. The lowest BCUT2D eigenvalue weighted by Crippen LogP contribution is -2.04. The fourth-order valence-corrected chi connectivity index (χ4v) is 1.46. The van der Waals surface area contributed by atoms with Gasteiger partial charge in [-0.2, -0.15) is 0 Å². The van der Waals surface area contributed by atoms with Gasteiger partial charge in [0.15, 0.2) is 0 Å². The molecule has 0 saturated carbocycles. The Morgan fingerprint density at radius 2 is 2.06 bits per heavy atom. The smallest absolute Gasteiger partial charge is 0.138 e. The topological polar surface area (TPSA) is 67.2 Å². The predicted molar refractivity (Wildman–Crippen MR) is 62.6 cm³/mol. The number of nitrogens with zero attached hydrogens (tertiary/aromatic N) is 3. The molecule has 0 amide bonds. The summed E-state index contributed by atoms with van der Waals surface area (Å²) in [6.45, 7) is 0.795. The van der Waals surface area contributed by atoms with Crippen molar-refractivity contribution >= 4 is 28.9 Å². The molecule has 7 heteroatoms. The highest BCUT2D eigenvalue weighted by Crippen LogP contribution is 2.35. The van der Waals surface area contributed by atoms with E-state index < -0.39 is 0 Å². The van der Waals surface area contributed by atoms with Crippen LogP contribution in [0, 0.1) is 0 Å². The molecule has 0 aliphatic rings. The number of methoxy groups -OCH3 is 1. The van der Waals surface area contributed by atoms with E-state index in [9.17, 15) is 0 Å². The van der Waals surface area contributed by atoms with E-state index in [1.165, 1.54) is 12.1 Å². The third-order valence-corrected chi connectivity index (χ3v) is 2.30. The maximum atomic E-state index is 8.32. The molecule has 0 aromatic heterocycles. The predicted octanol–water partition coefficient (Wildman–Crippen LogP) is 3.96. The minimum absolute atomic E-state index is 0.279. The van der Waals surface area contributed by atoms with E-state index in [4.69, 9.17) is 38.2 Å². The standard InChI is InChI=1S/C9H9Cl2N3O2/c1-15-2-3-16-9-5-8(13-14-12)6(10)4-7(9)11/h4-5H,2-3H2,1H3. The summed E-state index contributed by atoms with van der Waals surface area (Å²) < 4.78 is 10.1. The molecule has 0 atom stereocenters. The first-order valence-corrected chi connectivity index (χ1v) is 5.10. The lowest BCUT2D eigenvalue weighted by atomic mass is 10.3. The average molecular weight is 262 g/mol. The SMILES string of the molecule is COCCOc1cc(N=[N+]=[N-])c(Cl)cc1Cl. The zero-order chi connectivity index (χ0) is 12.0. The second-order valence-corrected chi connectivity index (χ2v) is 3.58. The van der Waals surface area contributed by atoms with Gasteiger partial charge in [-0.05, 0) is 17.7 Å². The van der Waals surface area contributed by atoms with Crippen molar-refractivity contribution in [3.8, 4) is 5.75 Å². The molecule has 0 saturated heterocycles. The molecule has 0 aliphatic carbocycles. The van der Waals surface area contributed by atoms with Gasteiger partial charge in [0, 0.05) is 12.0 Å². The molecule has 5 nitrogen and oxygen atoms in total. The van der Waals surface area contributed by atoms with E-state index in [0.29, 0.717) is 24.0 Å². The van der Waals surface area contributed by atoms with Gasteiger partial charge in [-0.25, -0.2) is 0 Å². The summed E-state index contributed by atoms with van der Waals surface area (Å²) in [4.78, 5) is 2.65. The number of hydrogen-bond donors (Lipinski definition) is 0. The monoisotopic (exact) mass is 261 g/mol. The fourth-order valence-electron chi connectivity index (χ4n) is 0.989. The molecule has 86 valence electrons. The molecule has 16 heavy (non-hydrogen) atoms. The number of ether oxygens (including phenoxy) is 2. The molecule has 0 N–H and O–H groups in total. The number of rotatable bonds is 5. The summed E-state index contributed by atoms with van der Waals surface area (Å²) in [5.41, 5.74) is 8.60. The van der Waals surface area contributed by atoms with Crippen LogP contribution < -0.4 is 4.74 Å². The molecule has 0 heterocycles. The van der Waals surface area contributed by atoms with Gasteiger partial charge in [0.1, 0.15) is 12.4 Å². The summed E-state index contributed by atoms with van der Waals surface area (Å²) in [5, 5.41) is 4.05. The van der Waals surface area contributed by atoms with Gasteiger partial charge in [-0.3, -0.25) is 0 Å². The van der Waals surface area contributed by atoms with Crippen LogP contribution in [0.4, 0.5) is 5.69 Å². The van der Waals surface area contributed by atoms with Crippen molar-refractivity contribution in [1.82, 2.24) is 0 Å². The molecule has 0 radical (unpaired) electrons. The Morgan fingerprint density at radius 1 is 1.31 bits per heavy atom. The van der Waals surface area contributed by atoms with Gasteiger partial charge in [-0.15, -0.1) is 0 Å². The van der Waals surface area contributed by atoms with Crippen molar-refractivity contribution in [3.63, 3.8) is 0 Å². The summed E-state index contributed by atoms with van der Waals surface area (Å²) >= 11 is 11.7. The Labute approximate surface area is 102 Å². The molecular formula is C9H9Cl2N3O2. The van der Waals surface area contributed by atoms with Gasteiger partial charge in [0.25, 0.3) is 0 Å².